The minimum atomic E-state index is -0.342. The highest BCUT2D eigenvalue weighted by Gasteiger charge is 2.16. The molecular weight excluding hydrogens is 235 g/mol. The first-order valence-electron chi connectivity index (χ1n) is 5.87. The second kappa shape index (κ2) is 6.50. The van der Waals surface area contributed by atoms with Gasteiger partial charge in [-0.25, -0.2) is 4.39 Å². The Morgan fingerprint density at radius 1 is 1.50 bits per heavy atom. The Kier molecular flexibility index (Phi) is 4.71. The number of aliphatic hydroxyl groups excluding tert-OH is 1. The van der Waals surface area contributed by atoms with Crippen LogP contribution in [-0.4, -0.2) is 31.0 Å². The molecule has 3 nitrogen and oxygen atoms in total. The van der Waals surface area contributed by atoms with Crippen molar-refractivity contribution in [2.45, 2.75) is 19.1 Å². The van der Waals surface area contributed by atoms with Crippen LogP contribution >= 0.6 is 0 Å². The molecule has 18 heavy (non-hydrogen) atoms. The first kappa shape index (κ1) is 13.0. The molecule has 0 aliphatic carbocycles. The van der Waals surface area contributed by atoms with Crippen LogP contribution in [0.5, 0.6) is 0 Å². The van der Waals surface area contributed by atoms with E-state index in [0.29, 0.717) is 18.8 Å². The summed E-state index contributed by atoms with van der Waals surface area (Å²) in [4.78, 5) is 0. The van der Waals surface area contributed by atoms with Gasteiger partial charge in [-0.05, 0) is 24.1 Å². The molecule has 1 saturated heterocycles. The molecule has 1 N–H and O–H groups in total. The average molecular weight is 250 g/mol. The highest BCUT2D eigenvalue weighted by Crippen LogP contribution is 2.15. The summed E-state index contributed by atoms with van der Waals surface area (Å²) in [6.07, 6.45) is 0.993. The maximum atomic E-state index is 13.1. The molecule has 1 aliphatic heterocycles. The Labute approximate surface area is 106 Å². The van der Waals surface area contributed by atoms with Gasteiger partial charge in [0.1, 0.15) is 12.4 Å². The average Bonchev–Trinajstić information content (AvgIpc) is 2.88. The molecule has 1 aliphatic rings. The lowest BCUT2D eigenvalue weighted by Crippen LogP contribution is -2.12. The number of benzene rings is 1. The Morgan fingerprint density at radius 3 is 3.11 bits per heavy atom. The molecule has 1 atom stereocenters. The van der Waals surface area contributed by atoms with E-state index >= 15 is 0 Å². The molecule has 0 bridgehead atoms. The third kappa shape index (κ3) is 3.54. The number of hydrogen-bond donors (Lipinski definition) is 1. The third-order valence-corrected chi connectivity index (χ3v) is 2.74. The van der Waals surface area contributed by atoms with Crippen LogP contribution in [0.4, 0.5) is 4.39 Å². The Bertz CT molecular complexity index is 456. The summed E-state index contributed by atoms with van der Waals surface area (Å²) in [6.45, 7) is 1.47. The molecule has 0 radical (unpaired) electrons. The standard InChI is InChI=1S/C14H15FO3/c15-13-4-3-12(11(8-13)2-1-6-16)9-18-14-5-7-17-10-14/h3-4,8,14,16H,5-7,9-10H2. The van der Waals surface area contributed by atoms with Crippen molar-refractivity contribution in [3.8, 4) is 11.8 Å². The van der Waals surface area contributed by atoms with E-state index in [1.807, 2.05) is 0 Å². The van der Waals surface area contributed by atoms with Crippen molar-refractivity contribution in [1.29, 1.82) is 0 Å². The number of aliphatic hydroxyl groups is 1. The summed E-state index contributed by atoms with van der Waals surface area (Å²) < 4.78 is 24.0. The Hall–Kier alpha value is -1.41. The molecule has 1 aromatic rings. The van der Waals surface area contributed by atoms with Gasteiger partial charge in [0.25, 0.3) is 0 Å². The summed E-state index contributed by atoms with van der Waals surface area (Å²) in [7, 11) is 0. The molecule has 1 unspecified atom stereocenters. The largest absolute Gasteiger partial charge is 0.384 e. The summed E-state index contributed by atoms with van der Waals surface area (Å²) >= 11 is 0. The third-order valence-electron chi connectivity index (χ3n) is 2.74. The van der Waals surface area contributed by atoms with Crippen molar-refractivity contribution < 1.29 is 19.0 Å². The van der Waals surface area contributed by atoms with Gasteiger partial charge in [0.15, 0.2) is 0 Å². The molecule has 1 fully saturated rings. The van der Waals surface area contributed by atoms with Crippen molar-refractivity contribution in [2.75, 3.05) is 19.8 Å². The predicted octanol–water partition coefficient (Wildman–Crippen LogP) is 1.47. The number of rotatable bonds is 3. The van der Waals surface area contributed by atoms with Gasteiger partial charge < -0.3 is 14.6 Å². The van der Waals surface area contributed by atoms with Crippen molar-refractivity contribution in [1.82, 2.24) is 0 Å². The first-order valence-corrected chi connectivity index (χ1v) is 5.87. The molecular formula is C14H15FO3. The van der Waals surface area contributed by atoms with E-state index in [0.717, 1.165) is 18.6 Å². The van der Waals surface area contributed by atoms with Crippen molar-refractivity contribution >= 4 is 0 Å². The monoisotopic (exact) mass is 250 g/mol. The number of hydrogen-bond acceptors (Lipinski definition) is 3. The molecule has 0 saturated carbocycles. The van der Waals surface area contributed by atoms with Crippen LogP contribution in [0.25, 0.3) is 0 Å². The van der Waals surface area contributed by atoms with Gasteiger partial charge in [-0.15, -0.1) is 0 Å². The molecule has 2 rings (SSSR count). The first-order chi connectivity index (χ1) is 8.79. The SMILES string of the molecule is OCC#Cc1cc(F)ccc1COC1CCOC1. The lowest BCUT2D eigenvalue weighted by molar-refractivity contribution is 0.0316. The molecule has 0 amide bonds. The predicted molar refractivity (Wildman–Crippen MR) is 64.4 cm³/mol. The molecule has 96 valence electrons. The maximum absolute atomic E-state index is 13.1. The van der Waals surface area contributed by atoms with E-state index in [1.165, 1.54) is 12.1 Å². The molecule has 0 spiro atoms. The van der Waals surface area contributed by atoms with Crippen LogP contribution in [0.15, 0.2) is 18.2 Å². The van der Waals surface area contributed by atoms with Crippen molar-refractivity contribution in [3.05, 3.63) is 35.1 Å². The summed E-state index contributed by atoms with van der Waals surface area (Å²) in [5, 5.41) is 8.68. The number of ether oxygens (including phenoxy) is 2. The van der Waals surface area contributed by atoms with E-state index in [1.54, 1.807) is 6.07 Å². The second-order valence-electron chi connectivity index (χ2n) is 4.06. The smallest absolute Gasteiger partial charge is 0.124 e. The zero-order valence-electron chi connectivity index (χ0n) is 9.99. The van der Waals surface area contributed by atoms with Crippen LogP contribution in [0.2, 0.25) is 0 Å². The fourth-order valence-electron chi connectivity index (χ4n) is 1.78. The van der Waals surface area contributed by atoms with Crippen LogP contribution in [-0.2, 0) is 16.1 Å². The minimum absolute atomic E-state index is 0.105. The van der Waals surface area contributed by atoms with Crippen molar-refractivity contribution in [3.63, 3.8) is 0 Å². The lowest BCUT2D eigenvalue weighted by atomic mass is 10.1. The minimum Gasteiger partial charge on any atom is -0.384 e. The van der Waals surface area contributed by atoms with Gasteiger partial charge >= 0.3 is 0 Å². The lowest BCUT2D eigenvalue weighted by Gasteiger charge is -2.11. The van der Waals surface area contributed by atoms with E-state index < -0.39 is 0 Å². The zero-order chi connectivity index (χ0) is 12.8. The van der Waals surface area contributed by atoms with Gasteiger partial charge in [-0.3, -0.25) is 0 Å². The molecule has 4 heteroatoms. The fourth-order valence-corrected chi connectivity index (χ4v) is 1.78. The van der Waals surface area contributed by atoms with Crippen LogP contribution in [0.3, 0.4) is 0 Å². The van der Waals surface area contributed by atoms with Crippen LogP contribution in [0, 0.1) is 17.7 Å². The van der Waals surface area contributed by atoms with Gasteiger partial charge in [-0.1, -0.05) is 17.9 Å². The molecule has 1 heterocycles. The topological polar surface area (TPSA) is 38.7 Å². The fraction of sp³-hybridized carbons (Fsp3) is 0.429. The zero-order valence-corrected chi connectivity index (χ0v) is 9.99. The summed E-state index contributed by atoms with van der Waals surface area (Å²) in [5.74, 6) is 4.90. The van der Waals surface area contributed by atoms with Crippen LogP contribution in [0.1, 0.15) is 17.5 Å². The summed E-state index contributed by atoms with van der Waals surface area (Å²) in [5.41, 5.74) is 1.38. The normalized spacial score (nSPS) is 18.4. The maximum Gasteiger partial charge on any atom is 0.124 e. The van der Waals surface area contributed by atoms with E-state index in [2.05, 4.69) is 11.8 Å². The molecule has 0 aromatic heterocycles. The number of halogens is 1. The van der Waals surface area contributed by atoms with E-state index in [4.69, 9.17) is 14.6 Å². The van der Waals surface area contributed by atoms with Gasteiger partial charge in [0.05, 0.1) is 19.3 Å². The van der Waals surface area contributed by atoms with Crippen molar-refractivity contribution in [2.24, 2.45) is 0 Å². The van der Waals surface area contributed by atoms with E-state index in [-0.39, 0.29) is 18.5 Å². The molecule has 1 aromatic carbocycles. The van der Waals surface area contributed by atoms with Gasteiger partial charge in [0, 0.05) is 12.2 Å². The van der Waals surface area contributed by atoms with Gasteiger partial charge in [0.2, 0.25) is 0 Å². The highest BCUT2D eigenvalue weighted by molar-refractivity contribution is 5.41. The van der Waals surface area contributed by atoms with Crippen LogP contribution < -0.4 is 0 Å². The second-order valence-corrected chi connectivity index (χ2v) is 4.06. The van der Waals surface area contributed by atoms with Gasteiger partial charge in [-0.2, -0.15) is 0 Å². The Morgan fingerprint density at radius 2 is 2.39 bits per heavy atom. The quantitative estimate of drug-likeness (QED) is 0.826. The summed E-state index contributed by atoms with van der Waals surface area (Å²) in [6, 6.07) is 4.40. The van der Waals surface area contributed by atoms with E-state index in [9.17, 15) is 4.39 Å². The Balaban J connectivity index is 2.05. The highest BCUT2D eigenvalue weighted by atomic mass is 19.1.